The molecule has 0 bridgehead atoms. The van der Waals surface area contributed by atoms with Crippen LogP contribution in [0, 0.1) is 0 Å². The molecule has 1 aliphatic rings. The van der Waals surface area contributed by atoms with Gasteiger partial charge in [-0.2, -0.15) is 0 Å². The highest BCUT2D eigenvalue weighted by Gasteiger charge is 2.30. The standard InChI is InChI=1S/C62H38S2/c1-2-10-39(11-3-1)55-38-56(49-20-6-18-45(34-49)41-14-4-16-43(32-41)47-24-26-57-50(35-47)28-30-63-57)61-53-22-8-12-40-13-9-23-54(59(40)53)62(61)60(55)52-21-7-19-46(37-52)42-15-5-17-44(33-42)48-25-27-58-51(36-48)29-31-64-58/h1-38H. The maximum Gasteiger partial charge on any atom is 0.0343 e. The highest BCUT2D eigenvalue weighted by Crippen LogP contribution is 2.57. The van der Waals surface area contributed by atoms with Gasteiger partial charge in [0.2, 0.25) is 0 Å². The topological polar surface area (TPSA) is 0 Å². The molecule has 0 aliphatic heterocycles. The highest BCUT2D eigenvalue weighted by molar-refractivity contribution is 7.17. The fourth-order valence-corrected chi connectivity index (χ4v) is 11.7. The molecule has 13 rings (SSSR count). The van der Waals surface area contributed by atoms with Crippen molar-refractivity contribution in [1.29, 1.82) is 0 Å². The first kappa shape index (κ1) is 37.0. The molecule has 10 aromatic carbocycles. The summed E-state index contributed by atoms with van der Waals surface area (Å²) in [7, 11) is 0. The minimum atomic E-state index is 1.20. The van der Waals surface area contributed by atoms with Crippen molar-refractivity contribution in [3.8, 4) is 100 Å². The molecule has 2 aromatic heterocycles. The van der Waals surface area contributed by atoms with E-state index in [-0.39, 0.29) is 0 Å². The molecule has 2 heterocycles. The van der Waals surface area contributed by atoms with Crippen LogP contribution in [0.15, 0.2) is 229 Å². The third-order valence-electron chi connectivity index (χ3n) is 13.1. The van der Waals surface area contributed by atoms with Crippen LogP contribution in [-0.4, -0.2) is 0 Å². The Labute approximate surface area is 380 Å². The first-order valence-electron chi connectivity index (χ1n) is 21.9. The Balaban J connectivity index is 1.00. The molecule has 64 heavy (non-hydrogen) atoms. The summed E-state index contributed by atoms with van der Waals surface area (Å²) in [5, 5.41) is 9.52. The van der Waals surface area contributed by atoms with Gasteiger partial charge in [0.15, 0.2) is 0 Å². The van der Waals surface area contributed by atoms with Crippen LogP contribution in [0.2, 0.25) is 0 Å². The van der Waals surface area contributed by atoms with Crippen molar-refractivity contribution in [3.63, 3.8) is 0 Å². The van der Waals surface area contributed by atoms with Gasteiger partial charge in [0, 0.05) is 9.40 Å². The molecule has 0 atom stereocenters. The summed E-state index contributed by atoms with van der Waals surface area (Å²) in [6, 6.07) is 81.6. The summed E-state index contributed by atoms with van der Waals surface area (Å²) in [6.45, 7) is 0. The zero-order chi connectivity index (χ0) is 42.1. The Kier molecular flexibility index (Phi) is 8.69. The van der Waals surface area contributed by atoms with E-state index in [0.717, 1.165) is 0 Å². The molecule has 0 amide bonds. The predicted octanol–water partition coefficient (Wildman–Crippen LogP) is 18.6. The lowest BCUT2D eigenvalue weighted by molar-refractivity contribution is 1.55. The molecular weight excluding hydrogens is 809 g/mol. The average molecular weight is 847 g/mol. The second-order valence-electron chi connectivity index (χ2n) is 16.8. The van der Waals surface area contributed by atoms with Crippen LogP contribution < -0.4 is 0 Å². The minimum absolute atomic E-state index is 1.20. The maximum atomic E-state index is 2.48. The summed E-state index contributed by atoms with van der Waals surface area (Å²) in [4.78, 5) is 0. The fraction of sp³-hybridized carbons (Fsp3) is 0. The van der Waals surface area contributed by atoms with Gasteiger partial charge >= 0.3 is 0 Å². The van der Waals surface area contributed by atoms with Gasteiger partial charge in [0.05, 0.1) is 0 Å². The zero-order valence-electron chi connectivity index (χ0n) is 34.8. The first-order chi connectivity index (χ1) is 31.7. The van der Waals surface area contributed by atoms with Crippen molar-refractivity contribution < 1.29 is 0 Å². The molecule has 2 heteroatoms. The van der Waals surface area contributed by atoms with Gasteiger partial charge < -0.3 is 0 Å². The highest BCUT2D eigenvalue weighted by atomic mass is 32.1. The summed E-state index contributed by atoms with van der Waals surface area (Å²) in [5.74, 6) is 0. The van der Waals surface area contributed by atoms with Crippen molar-refractivity contribution in [2.45, 2.75) is 0 Å². The van der Waals surface area contributed by atoms with E-state index in [1.165, 1.54) is 131 Å². The van der Waals surface area contributed by atoms with E-state index < -0.39 is 0 Å². The van der Waals surface area contributed by atoms with Crippen LogP contribution in [-0.2, 0) is 0 Å². The Morgan fingerprint density at radius 2 is 0.641 bits per heavy atom. The van der Waals surface area contributed by atoms with Crippen molar-refractivity contribution in [1.82, 2.24) is 0 Å². The summed E-state index contributed by atoms with van der Waals surface area (Å²) < 4.78 is 2.64. The normalized spacial score (nSPS) is 11.8. The van der Waals surface area contributed by atoms with Crippen molar-refractivity contribution in [2.24, 2.45) is 0 Å². The van der Waals surface area contributed by atoms with Crippen LogP contribution >= 0.6 is 22.7 Å². The lowest BCUT2D eigenvalue weighted by Gasteiger charge is -2.21. The number of hydrogen-bond donors (Lipinski definition) is 0. The third-order valence-corrected chi connectivity index (χ3v) is 14.9. The molecule has 1 aliphatic carbocycles. The van der Waals surface area contributed by atoms with Gasteiger partial charge in [-0.1, -0.05) is 152 Å². The molecule has 0 saturated carbocycles. The molecule has 298 valence electrons. The fourth-order valence-electron chi connectivity index (χ4n) is 10.1. The second kappa shape index (κ2) is 15.0. The van der Waals surface area contributed by atoms with E-state index >= 15 is 0 Å². The minimum Gasteiger partial charge on any atom is -0.144 e. The molecule has 0 fully saturated rings. The smallest absolute Gasteiger partial charge is 0.0343 e. The maximum absolute atomic E-state index is 2.48. The quantitative estimate of drug-likeness (QED) is 0.150. The lowest BCUT2D eigenvalue weighted by Crippen LogP contribution is -1.95. The molecule has 12 aromatic rings. The van der Waals surface area contributed by atoms with Gasteiger partial charge in [-0.15, -0.1) is 22.7 Å². The summed E-state index contributed by atoms with van der Waals surface area (Å²) in [5.41, 5.74) is 22.3. The zero-order valence-corrected chi connectivity index (χ0v) is 36.4. The van der Waals surface area contributed by atoms with Crippen molar-refractivity contribution >= 4 is 53.6 Å². The van der Waals surface area contributed by atoms with Crippen LogP contribution in [0.25, 0.3) is 131 Å². The van der Waals surface area contributed by atoms with Gasteiger partial charge in [0.1, 0.15) is 0 Å². The monoisotopic (exact) mass is 846 g/mol. The summed E-state index contributed by atoms with van der Waals surface area (Å²) in [6.07, 6.45) is 0. The number of rotatable bonds is 7. The Hall–Kier alpha value is -7.62. The van der Waals surface area contributed by atoms with E-state index in [0.29, 0.717) is 0 Å². The van der Waals surface area contributed by atoms with Crippen molar-refractivity contribution in [3.05, 3.63) is 229 Å². The Bertz CT molecular complexity index is 3780. The lowest BCUT2D eigenvalue weighted by atomic mass is 9.81. The molecule has 0 unspecified atom stereocenters. The van der Waals surface area contributed by atoms with Crippen LogP contribution in [0.1, 0.15) is 0 Å². The van der Waals surface area contributed by atoms with Gasteiger partial charge in [-0.3, -0.25) is 0 Å². The Morgan fingerprint density at radius 1 is 0.219 bits per heavy atom. The van der Waals surface area contributed by atoms with Crippen molar-refractivity contribution in [2.75, 3.05) is 0 Å². The van der Waals surface area contributed by atoms with Gasteiger partial charge in [-0.05, 0) is 199 Å². The van der Waals surface area contributed by atoms with E-state index in [1.54, 1.807) is 22.7 Å². The molecular formula is C62H38S2. The van der Waals surface area contributed by atoms with Crippen LogP contribution in [0.3, 0.4) is 0 Å². The first-order valence-corrected chi connectivity index (χ1v) is 23.6. The molecule has 0 saturated heterocycles. The Morgan fingerprint density at radius 3 is 1.20 bits per heavy atom. The number of thiophene rings is 2. The van der Waals surface area contributed by atoms with Crippen LogP contribution in [0.4, 0.5) is 0 Å². The van der Waals surface area contributed by atoms with E-state index in [1.807, 2.05) is 0 Å². The van der Waals surface area contributed by atoms with Crippen LogP contribution in [0.5, 0.6) is 0 Å². The summed E-state index contributed by atoms with van der Waals surface area (Å²) >= 11 is 3.58. The van der Waals surface area contributed by atoms with Gasteiger partial charge in [-0.25, -0.2) is 0 Å². The molecule has 0 N–H and O–H groups in total. The van der Waals surface area contributed by atoms with E-state index in [2.05, 4.69) is 229 Å². The predicted molar refractivity (Wildman–Crippen MR) is 277 cm³/mol. The number of hydrogen-bond acceptors (Lipinski definition) is 2. The largest absolute Gasteiger partial charge is 0.144 e. The molecule has 0 nitrogen and oxygen atoms in total. The number of benzene rings is 10. The third kappa shape index (κ3) is 6.18. The van der Waals surface area contributed by atoms with E-state index in [4.69, 9.17) is 0 Å². The molecule has 0 spiro atoms. The number of fused-ring (bicyclic) bond motifs is 5. The van der Waals surface area contributed by atoms with E-state index in [9.17, 15) is 0 Å². The second-order valence-corrected chi connectivity index (χ2v) is 18.7. The van der Waals surface area contributed by atoms with Gasteiger partial charge in [0.25, 0.3) is 0 Å². The SMILES string of the molecule is c1ccc(-c2cc(-c3cccc(-c4cccc(-c5ccc6sccc6c5)c4)c3)c3c(c2-c2cccc(-c4cccc(-c5ccc6sccc6c5)c4)c2)-c2cccc4cccc-3c24)cc1. The average Bonchev–Trinajstić information content (AvgIpc) is 4.13. The molecule has 0 radical (unpaired) electrons.